The van der Waals surface area contributed by atoms with Gasteiger partial charge in [0.25, 0.3) is 11.8 Å². The third-order valence-electron chi connectivity index (χ3n) is 13.0. The number of hydrogen-bond donors (Lipinski definition) is 3. The number of nitrogens with one attached hydrogen (secondary N) is 3. The Balaban J connectivity index is 1.07. The van der Waals surface area contributed by atoms with Crippen LogP contribution in [0.25, 0.3) is 33.5 Å². The molecule has 20 heteroatoms. The Labute approximate surface area is 372 Å². The number of methoxy groups -OCH3 is 1. The zero-order chi connectivity index (χ0) is 45.7. The average Bonchev–Trinajstić information content (AvgIpc) is 4.08. The first-order chi connectivity index (χ1) is 31.1. The third kappa shape index (κ3) is 9.18. The molecule has 2 aliphatic heterocycles. The monoisotopic (exact) mass is 922 g/mol. The van der Waals surface area contributed by atoms with Crippen molar-refractivity contribution in [3.63, 3.8) is 0 Å². The second kappa shape index (κ2) is 17.5. The summed E-state index contributed by atoms with van der Waals surface area (Å²) in [4.78, 5) is 67.2. The number of furan rings is 1. The van der Waals surface area contributed by atoms with E-state index in [-0.39, 0.29) is 60.3 Å². The number of allylic oxidation sites excluding steroid dienone is 1. The first kappa shape index (κ1) is 44.3. The normalized spacial score (nSPS) is 25.6. The number of amides is 4. The van der Waals surface area contributed by atoms with Crippen molar-refractivity contribution in [2.24, 2.45) is 5.92 Å². The number of para-hydroxylation sites is 1. The fourth-order valence-corrected chi connectivity index (χ4v) is 10.5. The molecule has 4 aromatic rings. The van der Waals surface area contributed by atoms with Crippen molar-refractivity contribution in [3.8, 4) is 23.0 Å². The number of alkyl halides is 3. The molecule has 4 amide bonds. The molecule has 4 heterocycles. The molecule has 3 aliphatic carbocycles. The van der Waals surface area contributed by atoms with Gasteiger partial charge in [0.1, 0.15) is 35.3 Å². The number of fused-ring (bicyclic) bond motifs is 5. The summed E-state index contributed by atoms with van der Waals surface area (Å²) < 4.78 is 92.8. The number of carbonyl (C=O) groups excluding carboxylic acids is 4. The largest absolute Gasteiger partial charge is 0.493 e. The van der Waals surface area contributed by atoms with Crippen LogP contribution in [0.4, 0.5) is 18.0 Å². The van der Waals surface area contributed by atoms with Crippen molar-refractivity contribution in [2.45, 2.75) is 125 Å². The summed E-state index contributed by atoms with van der Waals surface area (Å²) >= 11 is 0. The molecule has 0 radical (unpaired) electrons. The minimum atomic E-state index is -4.58. The minimum Gasteiger partial charge on any atom is -0.493 e. The topological polar surface area (TPSA) is 208 Å². The number of alkyl carbamates (subject to hydrolysis) is 1. The molecule has 5 aliphatic rings. The fraction of sp³-hybridized carbons (Fsp3) is 0.511. The molecule has 16 nitrogen and oxygen atoms in total. The van der Waals surface area contributed by atoms with Gasteiger partial charge in [0, 0.05) is 17.9 Å². The number of ether oxygens (including phenoxy) is 3. The molecule has 1 saturated heterocycles. The Morgan fingerprint density at radius 2 is 1.69 bits per heavy atom. The zero-order valence-corrected chi connectivity index (χ0v) is 36.3. The number of benzene rings is 2. The molecule has 0 unspecified atom stereocenters. The SMILES string of the molecule is COc1cccc2c1oc1c(O[C@@H]3C[C@H]4C(=O)N[C@]5(C(=O)NS(=O)(=O)C6CC6)C[C@H]5C=CCCCCC[C@H](NC(=O)OC5CCCC5)C(=O)N4C3)nc(-c3ccc(C(F)(F)F)cc3)nc12. The van der Waals surface area contributed by atoms with Crippen LogP contribution in [-0.2, 0) is 35.3 Å². The maximum absolute atomic E-state index is 14.8. The van der Waals surface area contributed by atoms with Crippen molar-refractivity contribution in [1.29, 1.82) is 0 Å². The first-order valence-electron chi connectivity index (χ1n) is 22.1. The maximum Gasteiger partial charge on any atom is 0.416 e. The summed E-state index contributed by atoms with van der Waals surface area (Å²) in [6.45, 7) is -0.212. The van der Waals surface area contributed by atoms with Gasteiger partial charge < -0.3 is 34.2 Å². The molecule has 3 N–H and O–H groups in total. The molecule has 2 aromatic heterocycles. The van der Waals surface area contributed by atoms with Crippen LogP contribution in [-0.4, -0.2) is 95.8 Å². The molecular weight excluding hydrogens is 874 g/mol. The van der Waals surface area contributed by atoms with Crippen LogP contribution in [0.3, 0.4) is 0 Å². The molecule has 9 rings (SSSR count). The van der Waals surface area contributed by atoms with Gasteiger partial charge in [-0.1, -0.05) is 43.2 Å². The van der Waals surface area contributed by atoms with Crippen LogP contribution in [0.1, 0.15) is 89.0 Å². The smallest absolute Gasteiger partial charge is 0.416 e. The van der Waals surface area contributed by atoms with E-state index in [0.717, 1.165) is 31.4 Å². The summed E-state index contributed by atoms with van der Waals surface area (Å²) in [5, 5.41) is 5.40. The predicted octanol–water partition coefficient (Wildman–Crippen LogP) is 6.46. The van der Waals surface area contributed by atoms with Gasteiger partial charge in [-0.15, -0.1) is 0 Å². The van der Waals surface area contributed by atoms with E-state index in [1.165, 1.54) is 24.1 Å². The Morgan fingerprint density at radius 1 is 0.938 bits per heavy atom. The Kier molecular flexibility index (Phi) is 11.9. The number of rotatable bonds is 9. The van der Waals surface area contributed by atoms with E-state index in [9.17, 15) is 40.8 Å². The summed E-state index contributed by atoms with van der Waals surface area (Å²) in [7, 11) is -2.53. The Bertz CT molecular complexity index is 2650. The molecule has 346 valence electrons. The molecular formula is C45H49F3N6O10S. The highest BCUT2D eigenvalue weighted by Gasteiger charge is 2.62. The second-order valence-electron chi connectivity index (χ2n) is 17.5. The number of hydrogen-bond acceptors (Lipinski definition) is 12. The predicted molar refractivity (Wildman–Crippen MR) is 228 cm³/mol. The number of sulfonamides is 1. The quantitative estimate of drug-likeness (QED) is 0.155. The fourth-order valence-electron chi connectivity index (χ4n) is 9.13. The number of halogens is 3. The van der Waals surface area contributed by atoms with Crippen LogP contribution in [0.2, 0.25) is 0 Å². The number of nitrogens with zero attached hydrogens (tertiary/aromatic N) is 3. The van der Waals surface area contributed by atoms with Gasteiger partial charge in [0.2, 0.25) is 27.4 Å². The molecule has 4 fully saturated rings. The lowest BCUT2D eigenvalue weighted by Gasteiger charge is -2.30. The van der Waals surface area contributed by atoms with E-state index in [0.29, 0.717) is 61.7 Å². The lowest BCUT2D eigenvalue weighted by atomic mass is 10.0. The zero-order valence-electron chi connectivity index (χ0n) is 35.5. The van der Waals surface area contributed by atoms with Crippen molar-refractivity contribution in [2.75, 3.05) is 13.7 Å². The van der Waals surface area contributed by atoms with Crippen LogP contribution >= 0.6 is 0 Å². The molecule has 0 spiro atoms. The van der Waals surface area contributed by atoms with E-state index in [4.69, 9.17) is 18.6 Å². The summed E-state index contributed by atoms with van der Waals surface area (Å²) in [6.07, 6.45) is 4.02. The van der Waals surface area contributed by atoms with Crippen molar-refractivity contribution >= 4 is 55.9 Å². The van der Waals surface area contributed by atoms with Crippen molar-refractivity contribution < 1.29 is 59.4 Å². The van der Waals surface area contributed by atoms with E-state index in [2.05, 4.69) is 25.3 Å². The highest BCUT2D eigenvalue weighted by Crippen LogP contribution is 2.46. The Hall–Kier alpha value is -5.92. The van der Waals surface area contributed by atoms with Crippen LogP contribution < -0.4 is 24.8 Å². The van der Waals surface area contributed by atoms with Gasteiger partial charge in [0.05, 0.1) is 29.9 Å². The van der Waals surface area contributed by atoms with E-state index in [1.54, 1.807) is 18.2 Å². The van der Waals surface area contributed by atoms with Gasteiger partial charge in [-0.2, -0.15) is 18.2 Å². The van der Waals surface area contributed by atoms with Crippen molar-refractivity contribution in [3.05, 3.63) is 60.2 Å². The number of aromatic nitrogens is 2. The van der Waals surface area contributed by atoms with Gasteiger partial charge in [-0.3, -0.25) is 19.1 Å². The lowest BCUT2D eigenvalue weighted by Crippen LogP contribution is -2.58. The average molecular weight is 923 g/mol. The van der Waals surface area contributed by atoms with Crippen molar-refractivity contribution in [1.82, 2.24) is 30.2 Å². The van der Waals surface area contributed by atoms with Crippen LogP contribution in [0.15, 0.2) is 59.0 Å². The summed E-state index contributed by atoms with van der Waals surface area (Å²) in [5.41, 5.74) is -1.64. The van der Waals surface area contributed by atoms with E-state index < -0.39 is 80.5 Å². The van der Waals surface area contributed by atoms with Gasteiger partial charge >= 0.3 is 12.3 Å². The van der Waals surface area contributed by atoms with Gasteiger partial charge in [-0.05, 0) is 88.5 Å². The van der Waals surface area contributed by atoms with Gasteiger partial charge in [-0.25, -0.2) is 18.2 Å². The third-order valence-corrected chi connectivity index (χ3v) is 14.8. The summed E-state index contributed by atoms with van der Waals surface area (Å²) in [6, 6.07) is 7.01. The molecule has 3 saturated carbocycles. The highest BCUT2D eigenvalue weighted by atomic mass is 32.2. The number of carbonyl (C=O) groups is 4. The van der Waals surface area contributed by atoms with E-state index in [1.807, 2.05) is 12.2 Å². The van der Waals surface area contributed by atoms with Crippen LogP contribution in [0, 0.1) is 5.92 Å². The standard InChI is InChI=1S/C45H49F3N6O10S/c1-61-34-15-9-13-31-35-37(64-36(31)34)40(51-38(50-35)25-16-18-26(19-17-25)45(46,47)48)62-29-22-33-39(55)52-44(42(57)53-65(59,60)30-20-21-30)23-27(44)10-5-3-2-4-6-14-32(41(56)54(33)24-29)49-43(58)63-28-11-7-8-12-28/h5,9-10,13,15-19,27-30,32-33H,2-4,6-8,11-12,14,20-24H2,1H3,(H,49,58)(H,52,55)(H,53,57)/t27-,29-,32+,33+,44-/m1/s1. The lowest BCUT2D eigenvalue weighted by molar-refractivity contribution is -0.141. The minimum absolute atomic E-state index is 0.000352. The second-order valence-corrected chi connectivity index (χ2v) is 19.5. The highest BCUT2D eigenvalue weighted by molar-refractivity contribution is 7.91. The maximum atomic E-state index is 14.8. The first-order valence-corrected chi connectivity index (χ1v) is 23.6. The Morgan fingerprint density at radius 3 is 2.42 bits per heavy atom. The molecule has 5 atom stereocenters. The molecule has 0 bridgehead atoms. The van der Waals surface area contributed by atoms with Crippen LogP contribution in [0.5, 0.6) is 11.6 Å². The van der Waals surface area contributed by atoms with E-state index >= 15 is 0 Å². The molecule has 2 aromatic carbocycles. The van der Waals surface area contributed by atoms with Gasteiger partial charge in [0.15, 0.2) is 17.2 Å². The summed E-state index contributed by atoms with van der Waals surface area (Å²) in [5.74, 6) is -2.50. The molecule has 65 heavy (non-hydrogen) atoms.